The Hall–Kier alpha value is -2.96. The molecule has 0 aliphatic heterocycles. The Balaban J connectivity index is 0.000000533. The molecule has 0 bridgehead atoms. The summed E-state index contributed by atoms with van der Waals surface area (Å²) < 4.78 is 2.40. The summed E-state index contributed by atoms with van der Waals surface area (Å²) in [6.45, 7) is 23.4. The number of hydrogen-bond acceptors (Lipinski definition) is 4. The fraction of sp³-hybridized carbons (Fsp3) is 0.467. The lowest BCUT2D eigenvalue weighted by Gasteiger charge is -2.35. The van der Waals surface area contributed by atoms with Crippen LogP contribution in [0.25, 0.3) is 0 Å². The molecule has 6 heteroatoms. The molecule has 0 unspecified atom stereocenters. The van der Waals surface area contributed by atoms with Gasteiger partial charge in [0.05, 0.1) is 51.2 Å². The highest BCUT2D eigenvalue weighted by Crippen LogP contribution is 2.14. The Labute approximate surface area is 218 Å². The van der Waals surface area contributed by atoms with Crippen molar-refractivity contribution in [1.29, 1.82) is 0 Å². The average Bonchev–Trinajstić information content (AvgIpc) is 2.91. The molecule has 2 rings (SSSR count). The molecule has 0 atom stereocenters. The number of carboxylic acids is 2. The zero-order chi connectivity index (χ0) is 27.5. The number of carbonyl (C=O) groups excluding carboxylic acids is 2. The van der Waals surface area contributed by atoms with Crippen molar-refractivity contribution < 1.29 is 28.8 Å². The highest BCUT2D eigenvalue weighted by molar-refractivity contribution is 5.87. The van der Waals surface area contributed by atoms with Crippen LogP contribution in [0.1, 0.15) is 52.7 Å². The number of nitrogens with zero attached hydrogens (tertiary/aromatic N) is 2. The molecule has 0 heterocycles. The molecule has 6 nitrogen and oxygen atoms in total. The van der Waals surface area contributed by atoms with Gasteiger partial charge in [0, 0.05) is 11.1 Å². The van der Waals surface area contributed by atoms with Crippen molar-refractivity contribution in [2.45, 2.75) is 54.6 Å². The summed E-state index contributed by atoms with van der Waals surface area (Å²) in [5.41, 5.74) is 2.91. The van der Waals surface area contributed by atoms with Gasteiger partial charge in [0.1, 0.15) is 13.1 Å². The molecule has 0 spiro atoms. The second-order valence-electron chi connectivity index (χ2n) is 8.84. The van der Waals surface area contributed by atoms with Crippen LogP contribution in [0.15, 0.2) is 72.8 Å². The molecule has 200 valence electrons. The van der Waals surface area contributed by atoms with Gasteiger partial charge in [0.2, 0.25) is 0 Å². The summed E-state index contributed by atoms with van der Waals surface area (Å²) in [7, 11) is 0. The monoisotopic (exact) mass is 498 g/mol. The smallest absolute Gasteiger partial charge is 0.104 e. The summed E-state index contributed by atoms with van der Waals surface area (Å²) in [5.74, 6) is -3.09. The van der Waals surface area contributed by atoms with Gasteiger partial charge in [-0.2, -0.15) is 0 Å². The zero-order valence-corrected chi connectivity index (χ0v) is 23.1. The first-order chi connectivity index (χ1) is 17.1. The Morgan fingerprint density at radius 2 is 0.806 bits per heavy atom. The Kier molecular flexibility index (Phi) is 16.8. The lowest BCUT2D eigenvalue weighted by molar-refractivity contribution is -0.936. The van der Waals surface area contributed by atoms with E-state index in [4.69, 9.17) is 0 Å². The minimum absolute atomic E-state index is 0.384. The summed E-state index contributed by atoms with van der Waals surface area (Å²) in [6, 6.07) is 21.6. The van der Waals surface area contributed by atoms with Gasteiger partial charge in [-0.1, -0.05) is 60.7 Å². The van der Waals surface area contributed by atoms with Gasteiger partial charge in [-0.15, -0.1) is 0 Å². The lowest BCUT2D eigenvalue weighted by Crippen LogP contribution is -2.46. The number of carboxylic acid groups (broad SMARTS) is 2. The van der Waals surface area contributed by atoms with Crippen molar-refractivity contribution in [3.8, 4) is 0 Å². The maximum Gasteiger partial charge on any atom is 0.104 e. The van der Waals surface area contributed by atoms with Crippen molar-refractivity contribution in [1.82, 2.24) is 0 Å². The second kappa shape index (κ2) is 18.3. The van der Waals surface area contributed by atoms with Crippen molar-refractivity contribution in [3.63, 3.8) is 0 Å². The SMILES string of the molecule is CC[N+](CC)(CC)Cc1ccccc1.CC[N+](CC)(CC)Cc1ccccc1.O=C([O-])C=CC(=O)[O-]. The van der Waals surface area contributed by atoms with Crippen LogP contribution in [-0.2, 0) is 22.7 Å². The lowest BCUT2D eigenvalue weighted by atomic mass is 10.2. The molecule has 0 saturated carbocycles. The van der Waals surface area contributed by atoms with Gasteiger partial charge in [-0.25, -0.2) is 0 Å². The maximum atomic E-state index is 9.41. The van der Waals surface area contributed by atoms with Crippen LogP contribution in [0.3, 0.4) is 0 Å². The highest BCUT2D eigenvalue weighted by atomic mass is 16.4. The third-order valence-corrected chi connectivity index (χ3v) is 7.10. The molecule has 2 aromatic rings. The van der Waals surface area contributed by atoms with Crippen LogP contribution in [0.5, 0.6) is 0 Å². The van der Waals surface area contributed by atoms with E-state index >= 15 is 0 Å². The average molecular weight is 499 g/mol. The van der Waals surface area contributed by atoms with Gasteiger partial charge >= 0.3 is 0 Å². The maximum absolute atomic E-state index is 9.41. The van der Waals surface area contributed by atoms with Crippen LogP contribution in [0.2, 0.25) is 0 Å². The third-order valence-electron chi connectivity index (χ3n) is 7.10. The van der Waals surface area contributed by atoms with Gasteiger partial charge < -0.3 is 28.8 Å². The van der Waals surface area contributed by atoms with E-state index in [1.165, 1.54) is 72.5 Å². The molecule has 0 radical (unpaired) electrons. The number of quaternary nitrogens is 2. The van der Waals surface area contributed by atoms with Gasteiger partial charge in [0.25, 0.3) is 0 Å². The van der Waals surface area contributed by atoms with Crippen LogP contribution in [0, 0.1) is 0 Å². The van der Waals surface area contributed by atoms with Gasteiger partial charge in [-0.05, 0) is 53.7 Å². The summed E-state index contributed by atoms with van der Waals surface area (Å²) in [4.78, 5) is 18.8. The van der Waals surface area contributed by atoms with Gasteiger partial charge in [-0.3, -0.25) is 0 Å². The third kappa shape index (κ3) is 13.2. The number of benzene rings is 2. The molecule has 0 aromatic heterocycles. The van der Waals surface area contributed by atoms with Crippen molar-refractivity contribution >= 4 is 11.9 Å². The first-order valence-electron chi connectivity index (χ1n) is 13.0. The fourth-order valence-corrected chi connectivity index (χ4v) is 4.09. The van der Waals surface area contributed by atoms with E-state index in [0.29, 0.717) is 12.2 Å². The molecule has 0 saturated heterocycles. The van der Waals surface area contributed by atoms with E-state index in [-0.39, 0.29) is 0 Å². The van der Waals surface area contributed by atoms with E-state index in [1.807, 2.05) is 0 Å². The normalized spacial score (nSPS) is 11.2. The summed E-state index contributed by atoms with van der Waals surface area (Å²) in [5, 5.41) is 18.8. The van der Waals surface area contributed by atoms with Crippen molar-refractivity contribution in [2.75, 3.05) is 39.3 Å². The molecule has 0 aliphatic carbocycles. The van der Waals surface area contributed by atoms with Crippen molar-refractivity contribution in [3.05, 3.63) is 83.9 Å². The molecule has 2 aromatic carbocycles. The predicted molar refractivity (Wildman–Crippen MR) is 143 cm³/mol. The minimum Gasteiger partial charge on any atom is -0.545 e. The number of aliphatic carboxylic acids is 2. The highest BCUT2D eigenvalue weighted by Gasteiger charge is 2.21. The van der Waals surface area contributed by atoms with E-state index in [9.17, 15) is 19.8 Å². The van der Waals surface area contributed by atoms with E-state index < -0.39 is 11.9 Å². The molecular weight excluding hydrogens is 452 g/mol. The standard InChI is InChI=1S/2C13H22N.C4H4O4/c2*1-4-14(5-2,6-3)12-13-10-8-7-9-11-13;5-3(6)1-2-4(7)8/h2*7-11H,4-6,12H2,1-3H3;1-2H,(H,5,6)(H,7,8)/q2*+1;/p-2. The Bertz CT molecular complexity index is 784. The van der Waals surface area contributed by atoms with E-state index in [0.717, 1.165) is 0 Å². The summed E-state index contributed by atoms with van der Waals surface area (Å²) >= 11 is 0. The largest absolute Gasteiger partial charge is 0.545 e. The molecule has 36 heavy (non-hydrogen) atoms. The first kappa shape index (κ1) is 33.0. The van der Waals surface area contributed by atoms with Crippen LogP contribution in [-0.4, -0.2) is 60.2 Å². The number of carbonyl (C=O) groups is 2. The zero-order valence-electron chi connectivity index (χ0n) is 23.1. The Morgan fingerprint density at radius 3 is 1.00 bits per heavy atom. The topological polar surface area (TPSA) is 80.3 Å². The second-order valence-corrected chi connectivity index (χ2v) is 8.84. The first-order valence-corrected chi connectivity index (χ1v) is 13.0. The summed E-state index contributed by atoms with van der Waals surface area (Å²) in [6.07, 6.45) is 0.769. The van der Waals surface area contributed by atoms with Gasteiger partial charge in [0.15, 0.2) is 0 Å². The fourth-order valence-electron chi connectivity index (χ4n) is 4.09. The minimum atomic E-state index is -1.55. The van der Waals surface area contributed by atoms with Crippen LogP contribution in [0.4, 0.5) is 0 Å². The number of rotatable bonds is 12. The molecular formula is C30H46N2O4. The van der Waals surface area contributed by atoms with E-state index in [2.05, 4.69) is 102 Å². The Morgan fingerprint density at radius 1 is 0.556 bits per heavy atom. The van der Waals surface area contributed by atoms with Crippen LogP contribution >= 0.6 is 0 Å². The van der Waals surface area contributed by atoms with E-state index in [1.54, 1.807) is 0 Å². The molecule has 0 N–H and O–H groups in total. The molecule has 0 aliphatic rings. The molecule has 0 fully saturated rings. The predicted octanol–water partition coefficient (Wildman–Crippen LogP) is 3.17. The quantitative estimate of drug-likeness (QED) is 0.333. The van der Waals surface area contributed by atoms with Crippen molar-refractivity contribution in [2.24, 2.45) is 0 Å². The van der Waals surface area contributed by atoms with Crippen LogP contribution < -0.4 is 10.2 Å². The molecule has 0 amide bonds. The number of hydrogen-bond donors (Lipinski definition) is 0.